The van der Waals surface area contributed by atoms with Crippen LogP contribution in [0.3, 0.4) is 0 Å². The molecule has 1 saturated carbocycles. The van der Waals surface area contributed by atoms with E-state index in [0.29, 0.717) is 6.54 Å². The maximum atomic E-state index is 12.3. The number of hydrogen-bond donors (Lipinski definition) is 1. The predicted molar refractivity (Wildman–Crippen MR) is 68.3 cm³/mol. The zero-order valence-corrected chi connectivity index (χ0v) is 10.9. The Morgan fingerprint density at radius 3 is 2.84 bits per heavy atom. The van der Waals surface area contributed by atoms with Gasteiger partial charge in [0.15, 0.2) is 0 Å². The molecule has 0 aliphatic heterocycles. The van der Waals surface area contributed by atoms with Gasteiger partial charge in [-0.3, -0.25) is 0 Å². The Morgan fingerprint density at radius 1 is 1.32 bits per heavy atom. The van der Waals surface area contributed by atoms with Crippen LogP contribution in [0.2, 0.25) is 0 Å². The maximum absolute atomic E-state index is 12.3. The Balaban J connectivity index is 1.95. The first-order valence-electron chi connectivity index (χ1n) is 6.49. The van der Waals surface area contributed by atoms with E-state index in [4.69, 9.17) is 4.74 Å². The molecule has 19 heavy (non-hydrogen) atoms. The second-order valence-corrected chi connectivity index (χ2v) is 4.68. The standard InChI is InChI=1S/C14H19F2NO2/c1-18-13-8-4-6-11(13)17-9-10-5-2-3-7-12(10)19-14(15)16/h2-3,5,7,11,13-14,17H,4,6,8-9H2,1H3. The van der Waals surface area contributed by atoms with E-state index in [0.717, 1.165) is 24.8 Å². The molecule has 0 aromatic heterocycles. The van der Waals surface area contributed by atoms with Gasteiger partial charge in [0.1, 0.15) is 5.75 Å². The smallest absolute Gasteiger partial charge is 0.387 e. The van der Waals surface area contributed by atoms with E-state index in [1.807, 2.05) is 6.07 Å². The van der Waals surface area contributed by atoms with E-state index < -0.39 is 6.61 Å². The van der Waals surface area contributed by atoms with E-state index in [1.54, 1.807) is 25.3 Å². The lowest BCUT2D eigenvalue weighted by Gasteiger charge is -2.20. The summed E-state index contributed by atoms with van der Waals surface area (Å²) in [4.78, 5) is 0. The van der Waals surface area contributed by atoms with Gasteiger partial charge in [0, 0.05) is 25.3 Å². The van der Waals surface area contributed by atoms with Crippen molar-refractivity contribution < 1.29 is 18.3 Å². The normalized spacial score (nSPS) is 22.9. The van der Waals surface area contributed by atoms with Crippen LogP contribution in [0.4, 0.5) is 8.78 Å². The summed E-state index contributed by atoms with van der Waals surface area (Å²) >= 11 is 0. The molecular formula is C14H19F2NO2. The lowest BCUT2D eigenvalue weighted by atomic mass is 10.1. The van der Waals surface area contributed by atoms with Gasteiger partial charge in [0.25, 0.3) is 0 Å². The van der Waals surface area contributed by atoms with Crippen molar-refractivity contribution in [2.45, 2.75) is 44.6 Å². The summed E-state index contributed by atoms with van der Waals surface area (Å²) in [5.74, 6) is 0.233. The highest BCUT2D eigenvalue weighted by atomic mass is 19.3. The van der Waals surface area contributed by atoms with Gasteiger partial charge in [-0.15, -0.1) is 0 Å². The maximum Gasteiger partial charge on any atom is 0.387 e. The number of halogens is 2. The molecule has 0 saturated heterocycles. The van der Waals surface area contributed by atoms with Crippen molar-refractivity contribution in [3.05, 3.63) is 29.8 Å². The van der Waals surface area contributed by atoms with E-state index in [9.17, 15) is 8.78 Å². The third kappa shape index (κ3) is 3.88. The van der Waals surface area contributed by atoms with Crippen LogP contribution in [0, 0.1) is 0 Å². The third-order valence-electron chi connectivity index (χ3n) is 3.50. The monoisotopic (exact) mass is 271 g/mol. The average molecular weight is 271 g/mol. The van der Waals surface area contributed by atoms with Crippen molar-refractivity contribution in [3.8, 4) is 5.75 Å². The molecule has 2 unspecified atom stereocenters. The molecule has 1 N–H and O–H groups in total. The summed E-state index contributed by atoms with van der Waals surface area (Å²) in [5, 5.41) is 3.36. The minimum Gasteiger partial charge on any atom is -0.434 e. The highest BCUT2D eigenvalue weighted by Crippen LogP contribution is 2.24. The van der Waals surface area contributed by atoms with Gasteiger partial charge in [0.05, 0.1) is 6.10 Å². The second kappa shape index (κ2) is 6.82. The Bertz CT molecular complexity index is 401. The van der Waals surface area contributed by atoms with Crippen molar-refractivity contribution in [2.24, 2.45) is 0 Å². The van der Waals surface area contributed by atoms with Crippen molar-refractivity contribution in [1.29, 1.82) is 0 Å². The van der Waals surface area contributed by atoms with Gasteiger partial charge in [0.2, 0.25) is 0 Å². The predicted octanol–water partition coefficient (Wildman–Crippen LogP) is 2.95. The molecule has 1 aliphatic carbocycles. The summed E-state index contributed by atoms with van der Waals surface area (Å²) < 4.78 is 34.5. The highest BCUT2D eigenvalue weighted by molar-refractivity contribution is 5.33. The van der Waals surface area contributed by atoms with Crippen molar-refractivity contribution in [2.75, 3.05) is 7.11 Å². The van der Waals surface area contributed by atoms with Crippen LogP contribution in [0.15, 0.2) is 24.3 Å². The Morgan fingerprint density at radius 2 is 2.11 bits per heavy atom. The van der Waals surface area contributed by atoms with Crippen molar-refractivity contribution in [1.82, 2.24) is 5.32 Å². The molecule has 1 fully saturated rings. The zero-order valence-electron chi connectivity index (χ0n) is 10.9. The molecule has 0 radical (unpaired) electrons. The third-order valence-corrected chi connectivity index (χ3v) is 3.50. The van der Waals surface area contributed by atoms with Gasteiger partial charge in [-0.1, -0.05) is 18.2 Å². The zero-order chi connectivity index (χ0) is 13.7. The van der Waals surface area contributed by atoms with Gasteiger partial charge in [-0.25, -0.2) is 0 Å². The van der Waals surface area contributed by atoms with Gasteiger partial charge in [-0.05, 0) is 25.3 Å². The first kappa shape index (κ1) is 14.2. The largest absolute Gasteiger partial charge is 0.434 e. The average Bonchev–Trinajstić information content (AvgIpc) is 2.84. The lowest BCUT2D eigenvalue weighted by molar-refractivity contribution is -0.0505. The molecule has 0 amide bonds. The number of ether oxygens (including phenoxy) is 2. The van der Waals surface area contributed by atoms with Crippen molar-refractivity contribution in [3.63, 3.8) is 0 Å². The van der Waals surface area contributed by atoms with Gasteiger partial charge in [-0.2, -0.15) is 8.78 Å². The van der Waals surface area contributed by atoms with Crippen LogP contribution in [0.5, 0.6) is 5.75 Å². The van der Waals surface area contributed by atoms with E-state index in [-0.39, 0.29) is 17.9 Å². The summed E-state index contributed by atoms with van der Waals surface area (Å²) in [5.41, 5.74) is 0.740. The molecule has 2 atom stereocenters. The molecule has 106 valence electrons. The van der Waals surface area contributed by atoms with Crippen LogP contribution in [-0.4, -0.2) is 25.9 Å². The molecule has 1 aromatic carbocycles. The highest BCUT2D eigenvalue weighted by Gasteiger charge is 2.26. The second-order valence-electron chi connectivity index (χ2n) is 4.68. The summed E-state index contributed by atoms with van der Waals surface area (Å²) in [6.07, 6.45) is 3.44. The molecule has 0 bridgehead atoms. The SMILES string of the molecule is COC1CCCC1NCc1ccccc1OC(F)F. The van der Waals surface area contributed by atoms with E-state index >= 15 is 0 Å². The minimum absolute atomic E-state index is 0.211. The summed E-state index contributed by atoms with van der Waals surface area (Å²) in [6.45, 7) is -2.28. The fraction of sp³-hybridized carbons (Fsp3) is 0.571. The quantitative estimate of drug-likeness (QED) is 0.863. The molecule has 1 aliphatic rings. The minimum atomic E-state index is -2.79. The molecule has 0 spiro atoms. The molecule has 3 nitrogen and oxygen atoms in total. The van der Waals surface area contributed by atoms with Crippen LogP contribution in [-0.2, 0) is 11.3 Å². The van der Waals surface area contributed by atoms with Crippen LogP contribution in [0.25, 0.3) is 0 Å². The van der Waals surface area contributed by atoms with Gasteiger partial charge < -0.3 is 14.8 Å². The van der Waals surface area contributed by atoms with Crippen molar-refractivity contribution >= 4 is 0 Å². The van der Waals surface area contributed by atoms with E-state index in [2.05, 4.69) is 10.1 Å². The molecular weight excluding hydrogens is 252 g/mol. The molecule has 1 aromatic rings. The van der Waals surface area contributed by atoms with Crippen LogP contribution >= 0.6 is 0 Å². The fourth-order valence-electron chi connectivity index (χ4n) is 2.54. The Kier molecular flexibility index (Phi) is 5.10. The Labute approximate surface area is 111 Å². The Hall–Kier alpha value is -1.20. The van der Waals surface area contributed by atoms with Gasteiger partial charge >= 0.3 is 6.61 Å². The van der Waals surface area contributed by atoms with Crippen LogP contribution < -0.4 is 10.1 Å². The number of hydrogen-bond acceptors (Lipinski definition) is 3. The number of rotatable bonds is 6. The number of para-hydroxylation sites is 1. The lowest BCUT2D eigenvalue weighted by Crippen LogP contribution is -2.36. The molecule has 5 heteroatoms. The number of methoxy groups -OCH3 is 1. The fourth-order valence-corrected chi connectivity index (χ4v) is 2.54. The number of alkyl halides is 2. The first-order valence-corrected chi connectivity index (χ1v) is 6.49. The summed E-state index contributed by atoms with van der Waals surface area (Å²) in [7, 11) is 1.71. The van der Waals surface area contributed by atoms with Crippen LogP contribution in [0.1, 0.15) is 24.8 Å². The molecule has 2 rings (SSSR count). The number of nitrogens with one attached hydrogen (secondary N) is 1. The number of benzene rings is 1. The first-order chi connectivity index (χ1) is 9.20. The topological polar surface area (TPSA) is 30.5 Å². The van der Waals surface area contributed by atoms with E-state index in [1.165, 1.54) is 0 Å². The summed E-state index contributed by atoms with van der Waals surface area (Å²) in [6, 6.07) is 7.14. The molecule has 0 heterocycles.